The third-order valence-electron chi connectivity index (χ3n) is 3.93. The maximum Gasteiger partial charge on any atom is 0.230 e. The second-order valence-electron chi connectivity index (χ2n) is 5.99. The Bertz CT molecular complexity index is 922. The molecule has 0 saturated heterocycles. The molecule has 2 aromatic carbocycles. The van der Waals surface area contributed by atoms with Crippen LogP contribution < -0.4 is 5.73 Å². The average molecular weight is 434 g/mol. The highest BCUT2D eigenvalue weighted by Crippen LogP contribution is 2.25. The smallest absolute Gasteiger partial charge is 0.230 e. The molecule has 0 bridgehead atoms. The van der Waals surface area contributed by atoms with Crippen molar-refractivity contribution in [2.75, 3.05) is 7.11 Å². The summed E-state index contributed by atoms with van der Waals surface area (Å²) in [5.41, 5.74) is 8.24. The second kappa shape index (κ2) is 11.2. The molecule has 1 amide bonds. The highest BCUT2D eigenvalue weighted by Gasteiger charge is 2.19. The lowest BCUT2D eigenvalue weighted by molar-refractivity contribution is -0.118. The summed E-state index contributed by atoms with van der Waals surface area (Å²) in [5, 5.41) is 8.83. The van der Waals surface area contributed by atoms with Crippen molar-refractivity contribution in [2.45, 2.75) is 19.4 Å². The number of carbonyl (C=O) groups excluding carboxylic acids is 1. The predicted molar refractivity (Wildman–Crippen MR) is 117 cm³/mol. The first-order valence-corrected chi connectivity index (χ1v) is 9.42. The Morgan fingerprint density at radius 1 is 1.17 bits per heavy atom. The van der Waals surface area contributed by atoms with Crippen molar-refractivity contribution < 1.29 is 14.5 Å². The van der Waals surface area contributed by atoms with Gasteiger partial charge in [0.2, 0.25) is 5.91 Å². The van der Waals surface area contributed by atoms with Crippen LogP contribution in [0.2, 0.25) is 10.0 Å². The van der Waals surface area contributed by atoms with E-state index in [4.69, 9.17) is 33.8 Å². The lowest BCUT2D eigenvalue weighted by Gasteiger charge is -2.13. The zero-order valence-electron chi connectivity index (χ0n) is 16.0. The number of nitrogens with zero attached hydrogens (tertiary/aromatic N) is 2. The fourth-order valence-electron chi connectivity index (χ4n) is 2.51. The number of amides is 1. The van der Waals surface area contributed by atoms with Gasteiger partial charge in [0.25, 0.3) is 0 Å². The SMILES string of the molecule is CON=CC(C(N)=O)c1ccccc1CON=C(C)C=Cc1c(Cl)cccc1Cl. The van der Waals surface area contributed by atoms with Gasteiger partial charge in [0, 0.05) is 15.6 Å². The Hall–Kier alpha value is -2.83. The number of oxime groups is 2. The van der Waals surface area contributed by atoms with Gasteiger partial charge >= 0.3 is 0 Å². The highest BCUT2D eigenvalue weighted by atomic mass is 35.5. The number of hydrogen-bond acceptors (Lipinski definition) is 5. The lowest BCUT2D eigenvalue weighted by Crippen LogP contribution is -2.23. The van der Waals surface area contributed by atoms with Crippen molar-refractivity contribution in [1.82, 2.24) is 0 Å². The van der Waals surface area contributed by atoms with Crippen LogP contribution in [0.3, 0.4) is 0 Å². The summed E-state index contributed by atoms with van der Waals surface area (Å²) >= 11 is 12.3. The van der Waals surface area contributed by atoms with Crippen LogP contribution in [0.4, 0.5) is 0 Å². The summed E-state index contributed by atoms with van der Waals surface area (Å²) in [7, 11) is 1.39. The Morgan fingerprint density at radius 2 is 1.86 bits per heavy atom. The summed E-state index contributed by atoms with van der Waals surface area (Å²) in [5.74, 6) is -1.28. The number of benzene rings is 2. The maximum atomic E-state index is 11.8. The van der Waals surface area contributed by atoms with Crippen molar-refractivity contribution in [3.63, 3.8) is 0 Å². The van der Waals surface area contributed by atoms with Crippen molar-refractivity contribution in [3.8, 4) is 0 Å². The molecular formula is C21H21Cl2N3O3. The number of allylic oxidation sites excluding steroid dienone is 1. The minimum Gasteiger partial charge on any atom is -0.399 e. The van der Waals surface area contributed by atoms with E-state index >= 15 is 0 Å². The molecule has 0 aliphatic rings. The molecular weight excluding hydrogens is 413 g/mol. The monoisotopic (exact) mass is 433 g/mol. The number of hydrogen-bond donors (Lipinski definition) is 1. The predicted octanol–water partition coefficient (Wildman–Crippen LogP) is 4.80. The fraction of sp³-hybridized carbons (Fsp3) is 0.190. The summed E-state index contributed by atoms with van der Waals surface area (Å²) < 4.78 is 0. The quantitative estimate of drug-likeness (QED) is 0.454. The van der Waals surface area contributed by atoms with Crippen LogP contribution in [-0.4, -0.2) is 24.9 Å². The third-order valence-corrected chi connectivity index (χ3v) is 4.59. The normalized spacial score (nSPS) is 13.0. The minimum atomic E-state index is -0.734. The zero-order valence-corrected chi connectivity index (χ0v) is 17.5. The van der Waals surface area contributed by atoms with Gasteiger partial charge in [-0.25, -0.2) is 0 Å². The van der Waals surface area contributed by atoms with Crippen LogP contribution in [0.5, 0.6) is 0 Å². The van der Waals surface area contributed by atoms with Crippen LogP contribution in [0.25, 0.3) is 6.08 Å². The van der Waals surface area contributed by atoms with Crippen LogP contribution in [0.1, 0.15) is 29.5 Å². The molecule has 1 atom stereocenters. The van der Waals surface area contributed by atoms with E-state index in [-0.39, 0.29) is 6.61 Å². The van der Waals surface area contributed by atoms with Gasteiger partial charge in [-0.1, -0.05) is 69.9 Å². The van der Waals surface area contributed by atoms with E-state index in [1.807, 2.05) is 12.1 Å². The molecule has 0 saturated carbocycles. The maximum absolute atomic E-state index is 11.8. The molecule has 0 radical (unpaired) electrons. The van der Waals surface area contributed by atoms with Gasteiger partial charge in [0.15, 0.2) is 0 Å². The minimum absolute atomic E-state index is 0.152. The van der Waals surface area contributed by atoms with Crippen LogP contribution in [0, 0.1) is 0 Å². The van der Waals surface area contributed by atoms with Crippen molar-refractivity contribution in [3.05, 3.63) is 75.3 Å². The topological polar surface area (TPSA) is 86.3 Å². The zero-order chi connectivity index (χ0) is 21.2. The Labute approximate surface area is 179 Å². The van der Waals surface area contributed by atoms with E-state index in [1.165, 1.54) is 13.3 Å². The van der Waals surface area contributed by atoms with Gasteiger partial charge in [0.1, 0.15) is 19.6 Å². The van der Waals surface area contributed by atoms with E-state index in [0.717, 1.165) is 5.56 Å². The number of halogens is 2. The fourth-order valence-corrected chi connectivity index (χ4v) is 3.03. The number of carbonyl (C=O) groups is 1. The van der Waals surface area contributed by atoms with Gasteiger partial charge in [-0.15, -0.1) is 0 Å². The van der Waals surface area contributed by atoms with Gasteiger partial charge in [0.05, 0.1) is 11.9 Å². The summed E-state index contributed by atoms with van der Waals surface area (Å²) in [6.07, 6.45) is 4.87. The molecule has 29 heavy (non-hydrogen) atoms. The average Bonchev–Trinajstić information content (AvgIpc) is 2.68. The third kappa shape index (κ3) is 6.62. The Morgan fingerprint density at radius 3 is 2.52 bits per heavy atom. The second-order valence-corrected chi connectivity index (χ2v) is 6.81. The Balaban J connectivity index is 2.11. The van der Waals surface area contributed by atoms with E-state index in [1.54, 1.807) is 49.4 Å². The van der Waals surface area contributed by atoms with Crippen LogP contribution in [-0.2, 0) is 21.1 Å². The van der Waals surface area contributed by atoms with E-state index in [2.05, 4.69) is 15.1 Å². The molecule has 0 aliphatic heterocycles. The summed E-state index contributed by atoms with van der Waals surface area (Å²) in [6.45, 7) is 1.93. The standard InChI is InChI=1S/C21H21Cl2N3O3/c1-14(10-11-17-19(22)8-5-9-20(17)23)26-29-13-15-6-3-4-7-16(15)18(21(24)27)12-25-28-2/h3-12,18H,13H2,1-2H3,(H2,24,27). The molecule has 0 heterocycles. The van der Waals surface area contributed by atoms with E-state index in [9.17, 15) is 4.79 Å². The van der Waals surface area contributed by atoms with Gasteiger partial charge < -0.3 is 15.4 Å². The van der Waals surface area contributed by atoms with Crippen LogP contribution >= 0.6 is 23.2 Å². The largest absolute Gasteiger partial charge is 0.399 e. The molecule has 2 N–H and O–H groups in total. The van der Waals surface area contributed by atoms with Crippen LogP contribution in [0.15, 0.2) is 58.9 Å². The Kier molecular flexibility index (Phi) is 8.70. The summed E-state index contributed by atoms with van der Waals surface area (Å²) in [4.78, 5) is 21.9. The number of primary amides is 1. The van der Waals surface area contributed by atoms with Crippen molar-refractivity contribution in [2.24, 2.45) is 16.0 Å². The van der Waals surface area contributed by atoms with E-state index in [0.29, 0.717) is 26.9 Å². The molecule has 0 aliphatic carbocycles. The van der Waals surface area contributed by atoms with E-state index < -0.39 is 11.8 Å². The molecule has 0 fully saturated rings. The van der Waals surface area contributed by atoms with Crippen molar-refractivity contribution in [1.29, 1.82) is 0 Å². The van der Waals surface area contributed by atoms with Gasteiger partial charge in [-0.05, 0) is 36.3 Å². The lowest BCUT2D eigenvalue weighted by atomic mass is 9.95. The molecule has 152 valence electrons. The summed E-state index contributed by atoms with van der Waals surface area (Å²) in [6, 6.07) is 12.6. The van der Waals surface area contributed by atoms with Gasteiger partial charge in [-0.3, -0.25) is 4.79 Å². The first kappa shape index (κ1) is 22.5. The molecule has 8 heteroatoms. The highest BCUT2D eigenvalue weighted by molar-refractivity contribution is 6.37. The van der Waals surface area contributed by atoms with Gasteiger partial charge in [-0.2, -0.15) is 0 Å². The first-order valence-electron chi connectivity index (χ1n) is 8.66. The number of nitrogens with two attached hydrogens (primary N) is 1. The molecule has 0 aromatic heterocycles. The molecule has 6 nitrogen and oxygen atoms in total. The first-order chi connectivity index (χ1) is 13.9. The number of rotatable bonds is 9. The molecule has 0 spiro atoms. The molecule has 2 aromatic rings. The van der Waals surface area contributed by atoms with Crippen molar-refractivity contribution >= 4 is 47.1 Å². The molecule has 2 rings (SSSR count). The molecule has 1 unspecified atom stereocenters.